The van der Waals surface area contributed by atoms with Gasteiger partial charge in [-0.05, 0) is 6.92 Å². The Kier molecular flexibility index (Phi) is 4.63. The van der Waals surface area contributed by atoms with Crippen LogP contribution in [0, 0.1) is 0 Å². The minimum absolute atomic E-state index is 0.214. The van der Waals surface area contributed by atoms with E-state index in [9.17, 15) is 4.79 Å². The van der Waals surface area contributed by atoms with Crippen LogP contribution in [0.25, 0.3) is 0 Å². The van der Waals surface area contributed by atoms with Gasteiger partial charge in [0.2, 0.25) is 6.39 Å². The Labute approximate surface area is 81.6 Å². The minimum Gasteiger partial charge on any atom is -0.465 e. The number of nitrogens with zero attached hydrogens (tertiary/aromatic N) is 2. The van der Waals surface area contributed by atoms with Crippen LogP contribution < -0.4 is 5.32 Å². The molecule has 0 saturated carbocycles. The number of esters is 1. The summed E-state index contributed by atoms with van der Waals surface area (Å²) in [5, 5.41) is 6.54. The summed E-state index contributed by atoms with van der Waals surface area (Å²) in [5.74, 6) is 0.377. The fourth-order valence-electron chi connectivity index (χ4n) is 0.905. The molecule has 0 atom stereocenters. The van der Waals surface area contributed by atoms with E-state index in [2.05, 4.69) is 20.0 Å². The quantitative estimate of drug-likeness (QED) is 0.503. The van der Waals surface area contributed by atoms with E-state index in [-0.39, 0.29) is 12.5 Å². The van der Waals surface area contributed by atoms with E-state index in [1.807, 2.05) is 0 Å². The SMILES string of the molecule is CCOC(=O)CNCCc1ncon1. The highest BCUT2D eigenvalue weighted by atomic mass is 16.5. The Bertz CT molecular complexity index is 261. The highest BCUT2D eigenvalue weighted by Crippen LogP contribution is 1.87. The number of nitrogens with one attached hydrogen (secondary N) is 1. The third kappa shape index (κ3) is 3.99. The van der Waals surface area contributed by atoms with Crippen molar-refractivity contribution in [3.63, 3.8) is 0 Å². The lowest BCUT2D eigenvalue weighted by Crippen LogP contribution is -2.26. The minimum atomic E-state index is -0.249. The molecule has 0 spiro atoms. The standard InChI is InChI=1S/C8H13N3O3/c1-2-13-8(12)5-9-4-3-7-10-6-14-11-7/h6,9H,2-5H2,1H3. The number of carbonyl (C=O) groups is 1. The molecule has 0 saturated heterocycles. The molecule has 0 bridgehead atoms. The van der Waals surface area contributed by atoms with Crippen LogP contribution in [0.15, 0.2) is 10.9 Å². The van der Waals surface area contributed by atoms with Gasteiger partial charge in [-0.2, -0.15) is 4.98 Å². The molecule has 0 amide bonds. The van der Waals surface area contributed by atoms with Crippen molar-refractivity contribution in [2.45, 2.75) is 13.3 Å². The number of hydrogen-bond donors (Lipinski definition) is 1. The molecule has 0 fully saturated rings. The summed E-state index contributed by atoms with van der Waals surface area (Å²) in [4.78, 5) is 14.7. The van der Waals surface area contributed by atoms with Gasteiger partial charge >= 0.3 is 5.97 Å². The average molecular weight is 199 g/mol. The average Bonchev–Trinajstić information content (AvgIpc) is 2.65. The van der Waals surface area contributed by atoms with E-state index in [0.717, 1.165) is 0 Å². The van der Waals surface area contributed by atoms with Crippen molar-refractivity contribution in [1.82, 2.24) is 15.5 Å². The molecule has 6 nitrogen and oxygen atoms in total. The molecule has 1 heterocycles. The number of carbonyl (C=O) groups excluding carboxylic acids is 1. The second kappa shape index (κ2) is 6.09. The molecule has 1 N–H and O–H groups in total. The van der Waals surface area contributed by atoms with Crippen LogP contribution >= 0.6 is 0 Å². The van der Waals surface area contributed by atoms with Gasteiger partial charge < -0.3 is 14.6 Å². The summed E-state index contributed by atoms with van der Waals surface area (Å²) in [5.41, 5.74) is 0. The first-order chi connectivity index (χ1) is 6.83. The number of ether oxygens (including phenoxy) is 1. The first-order valence-corrected chi connectivity index (χ1v) is 4.44. The number of hydrogen-bond acceptors (Lipinski definition) is 6. The fraction of sp³-hybridized carbons (Fsp3) is 0.625. The predicted molar refractivity (Wildman–Crippen MR) is 47.5 cm³/mol. The fourth-order valence-corrected chi connectivity index (χ4v) is 0.905. The molecular weight excluding hydrogens is 186 g/mol. The third-order valence-corrected chi connectivity index (χ3v) is 1.51. The molecular formula is C8H13N3O3. The van der Waals surface area contributed by atoms with Gasteiger partial charge in [-0.1, -0.05) is 5.16 Å². The Morgan fingerprint density at radius 2 is 2.57 bits per heavy atom. The van der Waals surface area contributed by atoms with Gasteiger partial charge in [0, 0.05) is 13.0 Å². The Morgan fingerprint density at radius 1 is 1.71 bits per heavy atom. The largest absolute Gasteiger partial charge is 0.465 e. The van der Waals surface area contributed by atoms with Crippen LogP contribution in [0.1, 0.15) is 12.7 Å². The van der Waals surface area contributed by atoms with Crippen molar-refractivity contribution in [3.05, 3.63) is 12.2 Å². The van der Waals surface area contributed by atoms with E-state index in [1.54, 1.807) is 6.92 Å². The first kappa shape index (κ1) is 10.6. The molecule has 14 heavy (non-hydrogen) atoms. The van der Waals surface area contributed by atoms with Crippen molar-refractivity contribution in [2.24, 2.45) is 0 Å². The maximum Gasteiger partial charge on any atom is 0.319 e. The maximum atomic E-state index is 10.9. The molecule has 6 heteroatoms. The van der Waals surface area contributed by atoms with Crippen LogP contribution in [0.4, 0.5) is 0 Å². The third-order valence-electron chi connectivity index (χ3n) is 1.51. The molecule has 0 unspecified atom stereocenters. The molecule has 0 aliphatic heterocycles. The normalized spacial score (nSPS) is 10.1. The lowest BCUT2D eigenvalue weighted by Gasteiger charge is -2.02. The zero-order valence-electron chi connectivity index (χ0n) is 8.02. The highest BCUT2D eigenvalue weighted by molar-refractivity contribution is 5.71. The molecule has 1 rings (SSSR count). The first-order valence-electron chi connectivity index (χ1n) is 4.44. The van der Waals surface area contributed by atoms with Crippen molar-refractivity contribution in [3.8, 4) is 0 Å². The molecule has 1 aromatic rings. The van der Waals surface area contributed by atoms with Crippen molar-refractivity contribution >= 4 is 5.97 Å². The van der Waals surface area contributed by atoms with Crippen molar-refractivity contribution in [1.29, 1.82) is 0 Å². The zero-order valence-corrected chi connectivity index (χ0v) is 8.02. The van der Waals surface area contributed by atoms with Gasteiger partial charge in [0.05, 0.1) is 13.2 Å². The Balaban J connectivity index is 2.02. The lowest BCUT2D eigenvalue weighted by molar-refractivity contribution is -0.141. The summed E-state index contributed by atoms with van der Waals surface area (Å²) in [7, 11) is 0. The molecule has 0 aliphatic carbocycles. The van der Waals surface area contributed by atoms with E-state index in [0.29, 0.717) is 25.4 Å². The van der Waals surface area contributed by atoms with Crippen LogP contribution in [0.5, 0.6) is 0 Å². The van der Waals surface area contributed by atoms with Crippen molar-refractivity contribution < 1.29 is 14.1 Å². The van der Waals surface area contributed by atoms with E-state index in [4.69, 9.17) is 4.74 Å². The smallest absolute Gasteiger partial charge is 0.319 e. The van der Waals surface area contributed by atoms with Crippen molar-refractivity contribution in [2.75, 3.05) is 19.7 Å². The molecule has 0 radical (unpaired) electrons. The van der Waals surface area contributed by atoms with Gasteiger partial charge in [0.1, 0.15) is 0 Å². The molecule has 0 aliphatic rings. The summed E-state index contributed by atoms with van der Waals surface area (Å²) in [6.07, 6.45) is 1.91. The van der Waals surface area contributed by atoms with E-state index < -0.39 is 0 Å². The Morgan fingerprint density at radius 3 is 3.21 bits per heavy atom. The van der Waals surface area contributed by atoms with Crippen LogP contribution in [-0.2, 0) is 16.0 Å². The van der Waals surface area contributed by atoms with Gasteiger partial charge in [-0.25, -0.2) is 0 Å². The lowest BCUT2D eigenvalue weighted by atomic mass is 10.4. The van der Waals surface area contributed by atoms with Gasteiger partial charge in [-0.15, -0.1) is 0 Å². The van der Waals surface area contributed by atoms with Crippen LogP contribution in [0.3, 0.4) is 0 Å². The van der Waals surface area contributed by atoms with Gasteiger partial charge in [0.15, 0.2) is 5.82 Å². The van der Waals surface area contributed by atoms with Gasteiger partial charge in [-0.3, -0.25) is 4.79 Å². The molecule has 0 aromatic carbocycles. The second-order valence-corrected chi connectivity index (χ2v) is 2.58. The van der Waals surface area contributed by atoms with Gasteiger partial charge in [0.25, 0.3) is 0 Å². The topological polar surface area (TPSA) is 77.2 Å². The summed E-state index contributed by atoms with van der Waals surface area (Å²) < 4.78 is 9.28. The van der Waals surface area contributed by atoms with E-state index >= 15 is 0 Å². The molecule has 1 aromatic heterocycles. The summed E-state index contributed by atoms with van der Waals surface area (Å²) in [6.45, 7) is 3.02. The monoisotopic (exact) mass is 199 g/mol. The highest BCUT2D eigenvalue weighted by Gasteiger charge is 2.01. The zero-order chi connectivity index (χ0) is 10.2. The number of rotatable bonds is 6. The maximum absolute atomic E-state index is 10.9. The second-order valence-electron chi connectivity index (χ2n) is 2.58. The molecule has 78 valence electrons. The predicted octanol–water partition coefficient (Wildman–Crippen LogP) is -0.235. The summed E-state index contributed by atoms with van der Waals surface area (Å²) in [6, 6.07) is 0. The Hall–Kier alpha value is -1.43. The summed E-state index contributed by atoms with van der Waals surface area (Å²) >= 11 is 0. The van der Waals surface area contributed by atoms with Crippen LogP contribution in [0.2, 0.25) is 0 Å². The van der Waals surface area contributed by atoms with E-state index in [1.165, 1.54) is 6.39 Å². The van der Waals surface area contributed by atoms with Crippen LogP contribution in [-0.4, -0.2) is 35.8 Å². The number of aromatic nitrogens is 2.